The van der Waals surface area contributed by atoms with E-state index in [1.54, 1.807) is 6.07 Å². The quantitative estimate of drug-likeness (QED) is 0.652. The van der Waals surface area contributed by atoms with Crippen LogP contribution in [0.5, 0.6) is 5.75 Å². The zero-order valence-corrected chi connectivity index (χ0v) is 7.48. The SMILES string of the molecule is CCn1ccc(=S)c(O)c1C. The Balaban J connectivity index is 3.37. The molecule has 1 aromatic rings. The van der Waals surface area contributed by atoms with Crippen LogP contribution in [0.1, 0.15) is 12.6 Å². The smallest absolute Gasteiger partial charge is 0.152 e. The third-order valence-electron chi connectivity index (χ3n) is 1.75. The minimum atomic E-state index is 0.226. The first-order chi connectivity index (χ1) is 5.16. The van der Waals surface area contributed by atoms with Crippen molar-refractivity contribution in [3.63, 3.8) is 0 Å². The lowest BCUT2D eigenvalue weighted by Gasteiger charge is -2.08. The topological polar surface area (TPSA) is 25.2 Å². The third kappa shape index (κ3) is 1.43. The van der Waals surface area contributed by atoms with Gasteiger partial charge in [0.25, 0.3) is 0 Å². The lowest BCUT2D eigenvalue weighted by Crippen LogP contribution is -1.99. The normalized spacial score (nSPS) is 10.0. The molecule has 0 radical (unpaired) electrons. The van der Waals surface area contributed by atoms with Gasteiger partial charge in [0.1, 0.15) is 0 Å². The van der Waals surface area contributed by atoms with Gasteiger partial charge in [0, 0.05) is 12.7 Å². The number of aryl methyl sites for hydroxylation is 1. The number of hydrogen-bond acceptors (Lipinski definition) is 2. The first-order valence-electron chi connectivity index (χ1n) is 3.55. The second-order valence-electron chi connectivity index (χ2n) is 2.40. The number of hydrogen-bond donors (Lipinski definition) is 1. The maximum absolute atomic E-state index is 9.39. The van der Waals surface area contributed by atoms with Crippen LogP contribution in [0.2, 0.25) is 0 Å². The van der Waals surface area contributed by atoms with Gasteiger partial charge in [-0.05, 0) is 19.9 Å². The van der Waals surface area contributed by atoms with Crippen molar-refractivity contribution in [3.8, 4) is 5.75 Å². The maximum atomic E-state index is 9.39. The van der Waals surface area contributed by atoms with E-state index in [0.717, 1.165) is 12.2 Å². The van der Waals surface area contributed by atoms with Crippen LogP contribution in [0.3, 0.4) is 0 Å². The molecule has 0 saturated carbocycles. The van der Waals surface area contributed by atoms with Crippen LogP contribution in [0, 0.1) is 11.4 Å². The Morgan fingerprint density at radius 3 is 2.82 bits per heavy atom. The molecule has 0 fully saturated rings. The molecule has 3 heteroatoms. The van der Waals surface area contributed by atoms with E-state index in [9.17, 15) is 5.11 Å². The van der Waals surface area contributed by atoms with Gasteiger partial charge in [-0.15, -0.1) is 0 Å². The van der Waals surface area contributed by atoms with Crippen molar-refractivity contribution in [3.05, 3.63) is 22.5 Å². The molecule has 0 bridgehead atoms. The van der Waals surface area contributed by atoms with Crippen LogP contribution in [-0.2, 0) is 6.54 Å². The molecule has 0 aliphatic carbocycles. The Labute approximate surface area is 71.1 Å². The average Bonchev–Trinajstić information content (AvgIpc) is 2.01. The fraction of sp³-hybridized carbons (Fsp3) is 0.375. The lowest BCUT2D eigenvalue weighted by atomic mass is 10.3. The first kappa shape index (κ1) is 8.27. The summed E-state index contributed by atoms with van der Waals surface area (Å²) < 4.78 is 2.47. The molecular weight excluding hydrogens is 158 g/mol. The summed E-state index contributed by atoms with van der Waals surface area (Å²) in [6.07, 6.45) is 1.89. The second-order valence-corrected chi connectivity index (χ2v) is 2.84. The van der Waals surface area contributed by atoms with Crippen LogP contribution in [0.25, 0.3) is 0 Å². The Hall–Kier alpha value is -0.830. The molecule has 0 amide bonds. The van der Waals surface area contributed by atoms with Crippen molar-refractivity contribution >= 4 is 12.2 Å². The molecule has 0 atom stereocenters. The fourth-order valence-corrected chi connectivity index (χ4v) is 1.21. The van der Waals surface area contributed by atoms with Gasteiger partial charge in [-0.2, -0.15) is 0 Å². The Morgan fingerprint density at radius 2 is 2.27 bits per heavy atom. The maximum Gasteiger partial charge on any atom is 0.152 e. The van der Waals surface area contributed by atoms with Crippen molar-refractivity contribution < 1.29 is 5.11 Å². The molecule has 1 heterocycles. The van der Waals surface area contributed by atoms with E-state index < -0.39 is 0 Å². The van der Waals surface area contributed by atoms with Crippen molar-refractivity contribution in [2.24, 2.45) is 0 Å². The van der Waals surface area contributed by atoms with E-state index in [1.165, 1.54) is 0 Å². The van der Waals surface area contributed by atoms with Gasteiger partial charge in [0.05, 0.1) is 10.2 Å². The summed E-state index contributed by atoms with van der Waals surface area (Å²) >= 11 is 4.88. The average molecular weight is 169 g/mol. The van der Waals surface area contributed by atoms with Crippen LogP contribution < -0.4 is 0 Å². The molecule has 1 N–H and O–H groups in total. The van der Waals surface area contributed by atoms with Gasteiger partial charge in [-0.25, -0.2) is 0 Å². The largest absolute Gasteiger partial charge is 0.505 e. The van der Waals surface area contributed by atoms with Crippen LogP contribution in [0.4, 0.5) is 0 Å². The fourth-order valence-electron chi connectivity index (χ4n) is 1.01. The molecule has 1 aromatic heterocycles. The van der Waals surface area contributed by atoms with Gasteiger partial charge >= 0.3 is 0 Å². The summed E-state index contributed by atoms with van der Waals surface area (Å²) in [6, 6.07) is 1.74. The predicted octanol–water partition coefficient (Wildman–Crippen LogP) is 2.25. The second kappa shape index (κ2) is 3.05. The van der Waals surface area contributed by atoms with Crippen LogP contribution >= 0.6 is 12.2 Å². The van der Waals surface area contributed by atoms with E-state index in [-0.39, 0.29) is 5.75 Å². The molecular formula is C8H11NOS. The third-order valence-corrected chi connectivity index (χ3v) is 2.08. The minimum absolute atomic E-state index is 0.226. The monoisotopic (exact) mass is 169 g/mol. The van der Waals surface area contributed by atoms with E-state index in [0.29, 0.717) is 4.51 Å². The number of aromatic hydroxyl groups is 1. The molecule has 0 aromatic carbocycles. The van der Waals surface area contributed by atoms with Gasteiger partial charge in [0.2, 0.25) is 0 Å². The molecule has 0 aliphatic heterocycles. The predicted molar refractivity (Wildman–Crippen MR) is 47.3 cm³/mol. The Kier molecular flexibility index (Phi) is 2.29. The van der Waals surface area contributed by atoms with Crippen LogP contribution in [-0.4, -0.2) is 9.67 Å². The van der Waals surface area contributed by atoms with E-state index in [1.807, 2.05) is 24.6 Å². The van der Waals surface area contributed by atoms with E-state index in [2.05, 4.69) is 0 Å². The summed E-state index contributed by atoms with van der Waals surface area (Å²) in [5, 5.41) is 9.39. The number of rotatable bonds is 1. The summed E-state index contributed by atoms with van der Waals surface area (Å²) in [5.74, 6) is 0.226. The van der Waals surface area contributed by atoms with E-state index >= 15 is 0 Å². The van der Waals surface area contributed by atoms with Crippen molar-refractivity contribution in [1.29, 1.82) is 0 Å². The summed E-state index contributed by atoms with van der Waals surface area (Å²) in [7, 11) is 0. The summed E-state index contributed by atoms with van der Waals surface area (Å²) in [5.41, 5.74) is 0.833. The highest BCUT2D eigenvalue weighted by atomic mass is 32.1. The number of nitrogens with zero attached hydrogens (tertiary/aromatic N) is 1. The summed E-state index contributed by atoms with van der Waals surface area (Å²) in [6.45, 7) is 4.74. The molecule has 0 spiro atoms. The van der Waals surface area contributed by atoms with Gasteiger partial charge in [-0.1, -0.05) is 12.2 Å². The lowest BCUT2D eigenvalue weighted by molar-refractivity contribution is 0.457. The standard InChI is InChI=1S/C8H11NOS/c1-3-9-5-4-7(11)8(10)6(9)2/h4-5,10H,3H2,1-2H3. The number of pyridine rings is 1. The van der Waals surface area contributed by atoms with Gasteiger partial charge in [-0.3, -0.25) is 0 Å². The molecule has 11 heavy (non-hydrogen) atoms. The zero-order valence-electron chi connectivity index (χ0n) is 6.66. The molecule has 0 unspecified atom stereocenters. The van der Waals surface area contributed by atoms with Gasteiger partial charge in [0.15, 0.2) is 5.75 Å². The zero-order chi connectivity index (χ0) is 8.43. The Bertz CT molecular complexity index is 316. The van der Waals surface area contributed by atoms with Crippen LogP contribution in [0.15, 0.2) is 12.3 Å². The summed E-state index contributed by atoms with van der Waals surface area (Å²) in [4.78, 5) is 0. The first-order valence-corrected chi connectivity index (χ1v) is 3.96. The minimum Gasteiger partial charge on any atom is -0.505 e. The molecule has 2 nitrogen and oxygen atoms in total. The molecule has 0 saturated heterocycles. The molecule has 1 rings (SSSR count). The molecule has 60 valence electrons. The highest BCUT2D eigenvalue weighted by molar-refractivity contribution is 7.71. The van der Waals surface area contributed by atoms with Crippen molar-refractivity contribution in [2.45, 2.75) is 20.4 Å². The van der Waals surface area contributed by atoms with Crippen molar-refractivity contribution in [1.82, 2.24) is 4.57 Å². The van der Waals surface area contributed by atoms with Crippen molar-refractivity contribution in [2.75, 3.05) is 0 Å². The van der Waals surface area contributed by atoms with E-state index in [4.69, 9.17) is 12.2 Å². The highest BCUT2D eigenvalue weighted by Gasteiger charge is 1.99. The van der Waals surface area contributed by atoms with Gasteiger partial charge < -0.3 is 9.67 Å². The molecule has 0 aliphatic rings. The number of aromatic nitrogens is 1. The highest BCUT2D eigenvalue weighted by Crippen LogP contribution is 2.16. The Morgan fingerprint density at radius 1 is 1.64 bits per heavy atom.